The van der Waals surface area contributed by atoms with Crippen LogP contribution in [-0.4, -0.2) is 28.8 Å². The van der Waals surface area contributed by atoms with Crippen molar-refractivity contribution in [2.45, 2.75) is 6.92 Å². The predicted molar refractivity (Wildman–Crippen MR) is 42.3 cm³/mol. The Labute approximate surface area is 73.8 Å². The molecule has 0 saturated heterocycles. The molecule has 68 valence electrons. The molecule has 0 spiro atoms. The van der Waals surface area contributed by atoms with Crippen LogP contribution < -0.4 is 10.8 Å². The van der Waals surface area contributed by atoms with Gasteiger partial charge in [-0.05, 0) is 12.2 Å². The molecule has 7 heteroatoms. The molecule has 0 aromatic carbocycles. The number of hydroxylamine groups is 1. The van der Waals surface area contributed by atoms with Crippen molar-refractivity contribution in [3.05, 3.63) is 0 Å². The number of carbonyl (C=O) groups excluding carboxylic acids is 2. The van der Waals surface area contributed by atoms with Gasteiger partial charge in [-0.2, -0.15) is 0 Å². The summed E-state index contributed by atoms with van der Waals surface area (Å²) in [6.45, 7) is 0.757. The monoisotopic (exact) mass is 192 g/mol. The average molecular weight is 192 g/mol. The van der Waals surface area contributed by atoms with Crippen molar-refractivity contribution in [3.8, 4) is 0 Å². The first kappa shape index (κ1) is 10.8. The molecule has 0 fully saturated rings. The van der Waals surface area contributed by atoms with Crippen LogP contribution in [0.5, 0.6) is 0 Å². The number of amides is 1. The van der Waals surface area contributed by atoms with Crippen LogP contribution in [0.25, 0.3) is 0 Å². The normalized spacial score (nSPS) is 8.50. The molecule has 0 aliphatic rings. The minimum absolute atomic E-state index is 0.243. The van der Waals surface area contributed by atoms with E-state index in [4.69, 9.17) is 5.21 Å². The highest BCUT2D eigenvalue weighted by atomic mass is 32.1. The summed E-state index contributed by atoms with van der Waals surface area (Å²) < 4.78 is 4.33. The summed E-state index contributed by atoms with van der Waals surface area (Å²) in [6, 6.07) is 0. The van der Waals surface area contributed by atoms with E-state index in [0.29, 0.717) is 0 Å². The fourth-order valence-corrected chi connectivity index (χ4v) is 0.472. The zero-order chi connectivity index (χ0) is 9.56. The molecule has 0 unspecified atom stereocenters. The van der Waals surface area contributed by atoms with E-state index >= 15 is 0 Å². The Morgan fingerprint density at radius 3 is 2.58 bits per heavy atom. The molecular formula is C5H8N2O4S. The summed E-state index contributed by atoms with van der Waals surface area (Å²) in [5.74, 6) is -1.18. The minimum atomic E-state index is -0.614. The number of nitrogens with one attached hydrogen (secondary N) is 2. The van der Waals surface area contributed by atoms with Gasteiger partial charge in [0, 0.05) is 6.92 Å². The van der Waals surface area contributed by atoms with Gasteiger partial charge in [0.15, 0.2) is 11.7 Å². The van der Waals surface area contributed by atoms with Crippen LogP contribution in [-0.2, 0) is 14.3 Å². The summed E-state index contributed by atoms with van der Waals surface area (Å²) in [7, 11) is 0. The second kappa shape index (κ2) is 5.44. The summed E-state index contributed by atoms with van der Waals surface area (Å²) in [5, 5.41) is 9.94. The van der Waals surface area contributed by atoms with Crippen LogP contribution in [0, 0.1) is 0 Å². The Balaban J connectivity index is 3.60. The molecule has 0 aromatic rings. The molecule has 0 aliphatic carbocycles. The molecule has 12 heavy (non-hydrogen) atoms. The van der Waals surface area contributed by atoms with Crippen LogP contribution in [0.3, 0.4) is 0 Å². The van der Waals surface area contributed by atoms with Gasteiger partial charge in [-0.3, -0.25) is 20.1 Å². The lowest BCUT2D eigenvalue weighted by Gasteiger charge is -2.03. The van der Waals surface area contributed by atoms with Crippen molar-refractivity contribution in [1.82, 2.24) is 10.8 Å². The van der Waals surface area contributed by atoms with Gasteiger partial charge in [-0.1, -0.05) is 0 Å². The van der Waals surface area contributed by atoms with Crippen LogP contribution in [0.4, 0.5) is 0 Å². The first-order valence-corrected chi connectivity index (χ1v) is 3.34. The molecule has 0 saturated carbocycles. The van der Waals surface area contributed by atoms with Gasteiger partial charge < -0.3 is 4.74 Å². The van der Waals surface area contributed by atoms with Crippen molar-refractivity contribution in [1.29, 1.82) is 0 Å². The Hall–Kier alpha value is -1.21. The lowest BCUT2D eigenvalue weighted by molar-refractivity contribution is -0.145. The Bertz CT molecular complexity index is 206. The van der Waals surface area contributed by atoms with Gasteiger partial charge in [0.2, 0.25) is 0 Å². The van der Waals surface area contributed by atoms with Crippen molar-refractivity contribution in [3.63, 3.8) is 0 Å². The molecule has 6 nitrogen and oxygen atoms in total. The van der Waals surface area contributed by atoms with Gasteiger partial charge >= 0.3 is 5.97 Å². The number of ether oxygens (including phenoxy) is 1. The van der Waals surface area contributed by atoms with E-state index in [1.165, 1.54) is 6.92 Å². The molecule has 0 atom stereocenters. The average Bonchev–Trinajstić information content (AvgIpc) is 2.00. The number of thiocarbonyl (C=S) groups is 1. The zero-order valence-corrected chi connectivity index (χ0v) is 7.10. The van der Waals surface area contributed by atoms with Crippen molar-refractivity contribution in [2.75, 3.05) is 6.61 Å². The Morgan fingerprint density at radius 2 is 2.17 bits per heavy atom. The second-order valence-electron chi connectivity index (χ2n) is 1.77. The molecule has 0 aliphatic heterocycles. The fourth-order valence-electron chi connectivity index (χ4n) is 0.358. The molecular weight excluding hydrogens is 184 g/mol. The van der Waals surface area contributed by atoms with E-state index < -0.39 is 18.5 Å². The van der Waals surface area contributed by atoms with E-state index in [1.807, 2.05) is 5.32 Å². The number of esters is 1. The summed E-state index contributed by atoms with van der Waals surface area (Å²) in [4.78, 5) is 20.9. The summed E-state index contributed by atoms with van der Waals surface area (Å²) >= 11 is 4.38. The molecule has 0 rings (SSSR count). The van der Waals surface area contributed by atoms with E-state index in [-0.39, 0.29) is 5.11 Å². The highest BCUT2D eigenvalue weighted by Crippen LogP contribution is 1.76. The maximum atomic E-state index is 10.7. The summed E-state index contributed by atoms with van der Waals surface area (Å²) in [6.07, 6.45) is 0. The smallest absolute Gasteiger partial charge is 0.303 e. The van der Waals surface area contributed by atoms with Gasteiger partial charge in [0.1, 0.15) is 0 Å². The molecule has 0 radical (unpaired) electrons. The first-order chi connectivity index (χ1) is 5.56. The number of rotatable bonds is 2. The molecule has 3 N–H and O–H groups in total. The van der Waals surface area contributed by atoms with Crippen LogP contribution in [0.2, 0.25) is 0 Å². The maximum Gasteiger partial charge on any atom is 0.303 e. The van der Waals surface area contributed by atoms with Gasteiger partial charge in [-0.25, -0.2) is 5.48 Å². The zero-order valence-electron chi connectivity index (χ0n) is 6.29. The van der Waals surface area contributed by atoms with Gasteiger partial charge in [0.25, 0.3) is 5.91 Å². The summed E-state index contributed by atoms with van der Waals surface area (Å²) in [5.41, 5.74) is 1.54. The second-order valence-corrected chi connectivity index (χ2v) is 2.18. The molecule has 0 bridgehead atoms. The highest BCUT2D eigenvalue weighted by molar-refractivity contribution is 7.80. The van der Waals surface area contributed by atoms with Crippen LogP contribution in [0.1, 0.15) is 6.92 Å². The third-order valence-electron chi connectivity index (χ3n) is 0.761. The van der Waals surface area contributed by atoms with Crippen molar-refractivity contribution >= 4 is 29.2 Å². The quantitative estimate of drug-likeness (QED) is 0.293. The number of carbonyl (C=O) groups is 2. The third-order valence-corrected chi connectivity index (χ3v) is 0.954. The molecule has 0 heterocycles. The fraction of sp³-hybridized carbons (Fsp3) is 0.400. The number of hydrogen-bond acceptors (Lipinski definition) is 5. The largest absolute Gasteiger partial charge is 0.456 e. The minimum Gasteiger partial charge on any atom is -0.456 e. The molecule has 0 aromatic heterocycles. The highest BCUT2D eigenvalue weighted by Gasteiger charge is 2.04. The third kappa shape index (κ3) is 5.57. The van der Waals surface area contributed by atoms with Gasteiger partial charge in [-0.15, -0.1) is 0 Å². The molecule has 1 amide bonds. The van der Waals surface area contributed by atoms with E-state index in [0.717, 1.165) is 0 Å². The lowest BCUT2D eigenvalue weighted by Crippen LogP contribution is -2.39. The van der Waals surface area contributed by atoms with Crippen LogP contribution >= 0.6 is 12.2 Å². The van der Waals surface area contributed by atoms with E-state index in [2.05, 4.69) is 17.0 Å². The standard InChI is InChI=1S/C5H8N2O4S/c1-3(8)11-2-4(9)6-5(12)7-10/h10H,2H2,1H3,(H2,6,7,9,12). The van der Waals surface area contributed by atoms with E-state index in [1.54, 1.807) is 5.48 Å². The van der Waals surface area contributed by atoms with Gasteiger partial charge in [0.05, 0.1) is 0 Å². The van der Waals surface area contributed by atoms with E-state index in [9.17, 15) is 9.59 Å². The number of hydrogen-bond donors (Lipinski definition) is 3. The predicted octanol–water partition coefficient (Wildman–Crippen LogP) is -1.07. The topological polar surface area (TPSA) is 87.7 Å². The van der Waals surface area contributed by atoms with Crippen LogP contribution in [0.15, 0.2) is 0 Å². The Morgan fingerprint density at radius 1 is 1.58 bits per heavy atom. The van der Waals surface area contributed by atoms with Crippen molar-refractivity contribution < 1.29 is 19.5 Å². The maximum absolute atomic E-state index is 10.7. The van der Waals surface area contributed by atoms with Crippen molar-refractivity contribution in [2.24, 2.45) is 0 Å². The SMILES string of the molecule is CC(=O)OCC(=O)NC(=S)NO. The lowest BCUT2D eigenvalue weighted by atomic mass is 10.6. The first-order valence-electron chi connectivity index (χ1n) is 2.93. The Kier molecular flexibility index (Phi) is 4.89.